The third kappa shape index (κ3) is 5.96. The topological polar surface area (TPSA) is 87.7 Å². The lowest BCUT2D eigenvalue weighted by molar-refractivity contribution is -0.120. The molecule has 7 nitrogen and oxygen atoms in total. The Kier molecular flexibility index (Phi) is 8.16. The zero-order chi connectivity index (χ0) is 26.5. The lowest BCUT2D eigenvalue weighted by atomic mass is 10.1. The number of hydrogen-bond donors (Lipinski definition) is 2. The van der Waals surface area contributed by atoms with Gasteiger partial charge in [-0.1, -0.05) is 60.5 Å². The fraction of sp³-hybridized carbons (Fsp3) is 0.179. The minimum Gasteiger partial charge on any atom is -0.491 e. The van der Waals surface area contributed by atoms with Gasteiger partial charge in [0.2, 0.25) is 5.91 Å². The highest BCUT2D eigenvalue weighted by atomic mass is 35.5. The van der Waals surface area contributed by atoms with Gasteiger partial charge >= 0.3 is 0 Å². The molecule has 2 N–H and O–H groups in total. The summed E-state index contributed by atoms with van der Waals surface area (Å²) in [6, 6.07) is 19.1. The minimum absolute atomic E-state index is 0.0301. The van der Waals surface area contributed by atoms with Crippen LogP contribution in [0.2, 0.25) is 5.02 Å². The maximum Gasteiger partial charge on any atom is 0.283 e. The molecular weight excluding hydrogens is 513 g/mol. The fourth-order valence-corrected chi connectivity index (χ4v) is 4.09. The number of carbonyl (C=O) groups excluding carboxylic acids is 3. The van der Waals surface area contributed by atoms with Gasteiger partial charge in [0.25, 0.3) is 11.8 Å². The largest absolute Gasteiger partial charge is 0.491 e. The Hall–Kier alpha value is -3.81. The standard InChI is InChI=1S/C28H25Cl2N3O4/c1-3-14-37-23-7-5-4-6-22(23)32-24(34)15-18-9-11-19(12-10-18)31-26-25(30)27(35)33(28(26)36)20-13-8-17(2)21(29)16-20/h4-13,16,31H,3,14-15H2,1-2H3,(H,32,34). The summed E-state index contributed by atoms with van der Waals surface area (Å²) in [4.78, 5) is 39.3. The summed E-state index contributed by atoms with van der Waals surface area (Å²) >= 11 is 12.4. The van der Waals surface area contributed by atoms with Crippen LogP contribution in [0.15, 0.2) is 77.5 Å². The predicted molar refractivity (Wildman–Crippen MR) is 146 cm³/mol. The summed E-state index contributed by atoms with van der Waals surface area (Å²) < 4.78 is 5.69. The van der Waals surface area contributed by atoms with E-state index in [0.717, 1.165) is 22.4 Å². The highest BCUT2D eigenvalue weighted by Gasteiger charge is 2.39. The summed E-state index contributed by atoms with van der Waals surface area (Å²) in [5.41, 5.74) is 3.05. The van der Waals surface area contributed by atoms with Crippen LogP contribution in [0.25, 0.3) is 0 Å². The molecule has 9 heteroatoms. The minimum atomic E-state index is -0.634. The Morgan fingerprint density at radius 2 is 1.70 bits per heavy atom. The maximum atomic E-state index is 13.0. The van der Waals surface area contributed by atoms with Crippen LogP contribution in [-0.4, -0.2) is 24.3 Å². The maximum absolute atomic E-state index is 13.0. The van der Waals surface area contributed by atoms with Gasteiger partial charge in [0.05, 0.1) is 24.4 Å². The van der Waals surface area contributed by atoms with Gasteiger partial charge in [-0.05, 0) is 60.9 Å². The molecule has 0 saturated heterocycles. The van der Waals surface area contributed by atoms with Crippen LogP contribution < -0.4 is 20.3 Å². The molecule has 3 aromatic carbocycles. The van der Waals surface area contributed by atoms with E-state index in [4.69, 9.17) is 27.9 Å². The second-order valence-electron chi connectivity index (χ2n) is 8.46. The molecule has 0 aromatic heterocycles. The van der Waals surface area contributed by atoms with Crippen LogP contribution in [0.3, 0.4) is 0 Å². The summed E-state index contributed by atoms with van der Waals surface area (Å²) in [5, 5.41) is 6.04. The first-order valence-corrected chi connectivity index (χ1v) is 12.5. The molecule has 1 heterocycles. The van der Waals surface area contributed by atoms with Gasteiger partial charge in [0, 0.05) is 10.7 Å². The Bertz CT molecular complexity index is 1390. The first kappa shape index (κ1) is 26.3. The highest BCUT2D eigenvalue weighted by Crippen LogP contribution is 2.32. The van der Waals surface area contributed by atoms with Crippen LogP contribution in [0.1, 0.15) is 24.5 Å². The molecule has 4 rings (SSSR count). The van der Waals surface area contributed by atoms with Crippen molar-refractivity contribution in [1.82, 2.24) is 0 Å². The molecule has 0 radical (unpaired) electrons. The normalized spacial score (nSPS) is 13.2. The van der Waals surface area contributed by atoms with Crippen LogP contribution in [-0.2, 0) is 20.8 Å². The molecule has 0 aliphatic carbocycles. The van der Waals surface area contributed by atoms with Gasteiger partial charge in [-0.15, -0.1) is 0 Å². The predicted octanol–water partition coefficient (Wildman–Crippen LogP) is 6.05. The van der Waals surface area contributed by atoms with Crippen molar-refractivity contribution < 1.29 is 19.1 Å². The van der Waals surface area contributed by atoms with Crippen molar-refractivity contribution in [2.45, 2.75) is 26.7 Å². The lowest BCUT2D eigenvalue weighted by Crippen LogP contribution is -2.32. The third-order valence-corrected chi connectivity index (χ3v) is 6.41. The Labute approximate surface area is 225 Å². The first-order valence-electron chi connectivity index (χ1n) is 11.7. The van der Waals surface area contributed by atoms with Crippen molar-refractivity contribution in [3.8, 4) is 5.75 Å². The van der Waals surface area contributed by atoms with Gasteiger partial charge in [0.15, 0.2) is 0 Å². The van der Waals surface area contributed by atoms with Crippen LogP contribution in [0, 0.1) is 6.92 Å². The van der Waals surface area contributed by atoms with Crippen LogP contribution in [0.4, 0.5) is 17.1 Å². The molecule has 0 atom stereocenters. The van der Waals surface area contributed by atoms with Gasteiger partial charge in [-0.2, -0.15) is 0 Å². The Morgan fingerprint density at radius 3 is 2.41 bits per heavy atom. The number of aryl methyl sites for hydroxylation is 1. The monoisotopic (exact) mass is 537 g/mol. The number of nitrogens with one attached hydrogen (secondary N) is 2. The number of hydrogen-bond acceptors (Lipinski definition) is 5. The van der Waals surface area contributed by atoms with E-state index in [2.05, 4.69) is 10.6 Å². The Morgan fingerprint density at radius 1 is 0.973 bits per heavy atom. The number of anilines is 3. The van der Waals surface area contributed by atoms with Crippen LogP contribution >= 0.6 is 23.2 Å². The van der Waals surface area contributed by atoms with Gasteiger partial charge < -0.3 is 15.4 Å². The summed E-state index contributed by atoms with van der Waals surface area (Å²) in [5.74, 6) is -0.781. The van der Waals surface area contributed by atoms with Gasteiger partial charge in [-0.25, -0.2) is 4.90 Å². The average molecular weight is 538 g/mol. The summed E-state index contributed by atoms with van der Waals surface area (Å²) in [6.45, 7) is 4.40. The smallest absolute Gasteiger partial charge is 0.283 e. The molecule has 0 unspecified atom stereocenters. The number of halogens is 2. The summed E-state index contributed by atoms with van der Waals surface area (Å²) in [7, 11) is 0. The van der Waals surface area contributed by atoms with Crippen molar-refractivity contribution in [3.05, 3.63) is 93.6 Å². The zero-order valence-corrected chi connectivity index (χ0v) is 21.8. The second kappa shape index (κ2) is 11.5. The van der Waals surface area contributed by atoms with Crippen LogP contribution in [0.5, 0.6) is 5.75 Å². The molecule has 0 saturated carbocycles. The highest BCUT2D eigenvalue weighted by molar-refractivity contribution is 6.53. The number of para-hydroxylation sites is 2. The van der Waals surface area contributed by atoms with E-state index < -0.39 is 11.8 Å². The van der Waals surface area contributed by atoms with E-state index in [0.29, 0.717) is 34.4 Å². The lowest BCUT2D eigenvalue weighted by Gasteiger charge is -2.16. The number of amides is 3. The van der Waals surface area contributed by atoms with E-state index in [1.165, 1.54) is 0 Å². The number of ether oxygens (including phenoxy) is 1. The van der Waals surface area contributed by atoms with Crippen molar-refractivity contribution in [3.63, 3.8) is 0 Å². The number of benzene rings is 3. The van der Waals surface area contributed by atoms with E-state index in [9.17, 15) is 14.4 Å². The Balaban J connectivity index is 1.41. The number of carbonyl (C=O) groups is 3. The number of nitrogens with zero attached hydrogens (tertiary/aromatic N) is 1. The van der Waals surface area contributed by atoms with E-state index in [-0.39, 0.29) is 23.1 Å². The van der Waals surface area contributed by atoms with E-state index in [1.54, 1.807) is 48.5 Å². The van der Waals surface area contributed by atoms with E-state index in [1.807, 2.05) is 32.0 Å². The molecule has 3 amide bonds. The van der Waals surface area contributed by atoms with Crippen molar-refractivity contribution in [2.24, 2.45) is 0 Å². The van der Waals surface area contributed by atoms with E-state index >= 15 is 0 Å². The molecule has 0 bridgehead atoms. The van der Waals surface area contributed by atoms with Crippen molar-refractivity contribution >= 4 is 58.0 Å². The molecule has 1 aliphatic heterocycles. The van der Waals surface area contributed by atoms with Gasteiger partial charge in [-0.3, -0.25) is 14.4 Å². The molecule has 1 aliphatic rings. The number of imide groups is 1. The first-order chi connectivity index (χ1) is 17.8. The molecule has 37 heavy (non-hydrogen) atoms. The molecule has 190 valence electrons. The number of rotatable bonds is 9. The average Bonchev–Trinajstić information content (AvgIpc) is 3.09. The SMILES string of the molecule is CCCOc1ccccc1NC(=O)Cc1ccc(NC2=C(Cl)C(=O)N(c3ccc(C)c(Cl)c3)C2=O)cc1. The van der Waals surface area contributed by atoms with Gasteiger partial charge in [0.1, 0.15) is 16.5 Å². The zero-order valence-electron chi connectivity index (χ0n) is 20.3. The molecule has 0 spiro atoms. The molecule has 3 aromatic rings. The third-order valence-electron chi connectivity index (χ3n) is 5.65. The second-order valence-corrected chi connectivity index (χ2v) is 9.24. The summed E-state index contributed by atoms with van der Waals surface area (Å²) in [6.07, 6.45) is 1.01. The van der Waals surface area contributed by atoms with Crippen molar-refractivity contribution in [2.75, 3.05) is 22.1 Å². The molecule has 0 fully saturated rings. The fourth-order valence-electron chi connectivity index (χ4n) is 3.70. The van der Waals surface area contributed by atoms with Crippen molar-refractivity contribution in [1.29, 1.82) is 0 Å². The quantitative estimate of drug-likeness (QED) is 0.324. The molecular formula is C28H25Cl2N3O4.